The molecule has 6 nitrogen and oxygen atoms in total. The fourth-order valence-corrected chi connectivity index (χ4v) is 4.67. The molecule has 0 radical (unpaired) electrons. The highest BCUT2D eigenvalue weighted by molar-refractivity contribution is 7.98. The van der Waals surface area contributed by atoms with Crippen molar-refractivity contribution >= 4 is 39.1 Å². The number of hydrogen-bond donors (Lipinski definition) is 1. The van der Waals surface area contributed by atoms with E-state index < -0.39 is 10.0 Å². The summed E-state index contributed by atoms with van der Waals surface area (Å²) in [6.45, 7) is 2.05. The summed E-state index contributed by atoms with van der Waals surface area (Å²) in [7, 11) is -3.70. The zero-order valence-electron chi connectivity index (χ0n) is 16.1. The zero-order valence-corrected chi connectivity index (χ0v) is 17.7. The molecule has 0 saturated heterocycles. The number of amides is 1. The highest BCUT2D eigenvalue weighted by Crippen LogP contribution is 2.25. The van der Waals surface area contributed by atoms with Gasteiger partial charge in [-0.3, -0.25) is 14.1 Å². The van der Waals surface area contributed by atoms with Crippen molar-refractivity contribution in [3.63, 3.8) is 0 Å². The van der Waals surface area contributed by atoms with Crippen molar-refractivity contribution in [2.75, 3.05) is 22.4 Å². The summed E-state index contributed by atoms with van der Waals surface area (Å²) in [5.74, 6) is -0.289. The minimum Gasteiger partial charge on any atom is -0.321 e. The number of benzene rings is 2. The monoisotopic (exact) mass is 427 g/mol. The van der Waals surface area contributed by atoms with Crippen LogP contribution in [0.2, 0.25) is 0 Å². The van der Waals surface area contributed by atoms with E-state index >= 15 is 0 Å². The number of nitrogens with zero attached hydrogens (tertiary/aromatic N) is 2. The Hall–Kier alpha value is -2.84. The Balaban J connectivity index is 1.81. The van der Waals surface area contributed by atoms with Crippen LogP contribution < -0.4 is 9.62 Å². The molecule has 3 rings (SSSR count). The lowest BCUT2D eigenvalue weighted by atomic mass is 10.2. The lowest BCUT2D eigenvalue weighted by Gasteiger charge is -2.23. The first-order chi connectivity index (χ1) is 14.0. The fraction of sp³-hybridized carbons (Fsp3) is 0.143. The Morgan fingerprint density at radius 3 is 2.31 bits per heavy atom. The van der Waals surface area contributed by atoms with Gasteiger partial charge in [-0.1, -0.05) is 0 Å². The summed E-state index contributed by atoms with van der Waals surface area (Å²) in [4.78, 5) is 17.6. The van der Waals surface area contributed by atoms with Crippen molar-refractivity contribution in [3.8, 4) is 0 Å². The highest BCUT2D eigenvalue weighted by atomic mass is 32.2. The quantitative estimate of drug-likeness (QED) is 0.570. The Morgan fingerprint density at radius 1 is 1.07 bits per heavy atom. The van der Waals surface area contributed by atoms with Gasteiger partial charge in [0.1, 0.15) is 0 Å². The maximum Gasteiger partial charge on any atom is 0.264 e. The van der Waals surface area contributed by atoms with Crippen LogP contribution in [0.5, 0.6) is 0 Å². The minimum absolute atomic E-state index is 0.232. The number of carbonyl (C=O) groups is 1. The van der Waals surface area contributed by atoms with Crippen LogP contribution in [0.3, 0.4) is 0 Å². The number of pyridine rings is 1. The summed E-state index contributed by atoms with van der Waals surface area (Å²) in [6.07, 6.45) is 5.12. The zero-order chi connectivity index (χ0) is 20.9. The van der Waals surface area contributed by atoms with Crippen molar-refractivity contribution in [1.29, 1.82) is 0 Å². The molecule has 1 N–H and O–H groups in total. The van der Waals surface area contributed by atoms with E-state index in [1.54, 1.807) is 91.7 Å². The van der Waals surface area contributed by atoms with Gasteiger partial charge in [-0.2, -0.15) is 0 Å². The largest absolute Gasteiger partial charge is 0.321 e. The average molecular weight is 428 g/mol. The average Bonchev–Trinajstić information content (AvgIpc) is 2.75. The third kappa shape index (κ3) is 4.78. The van der Waals surface area contributed by atoms with Crippen molar-refractivity contribution in [2.45, 2.75) is 16.7 Å². The van der Waals surface area contributed by atoms with E-state index in [2.05, 4.69) is 10.3 Å². The molecular weight excluding hydrogens is 406 g/mol. The summed E-state index contributed by atoms with van der Waals surface area (Å²) in [6, 6.07) is 16.8. The molecule has 0 saturated carbocycles. The van der Waals surface area contributed by atoms with Crippen molar-refractivity contribution in [2.24, 2.45) is 0 Å². The standard InChI is InChI=1S/C21H21N3O3S2/c1-3-24(29(26,27)20-12-10-19(28-2)11-13-20)18-8-6-16(7-9-18)21(25)23-17-5-4-14-22-15-17/h4-15H,3H2,1-2H3,(H,23,25). The second-order valence-electron chi connectivity index (χ2n) is 6.09. The van der Waals surface area contributed by atoms with Gasteiger partial charge in [0.05, 0.1) is 22.5 Å². The van der Waals surface area contributed by atoms with E-state index in [-0.39, 0.29) is 17.3 Å². The van der Waals surface area contributed by atoms with Crippen LogP contribution in [0, 0.1) is 0 Å². The third-order valence-corrected chi connectivity index (χ3v) is 6.93. The maximum absolute atomic E-state index is 13.1. The number of nitrogens with one attached hydrogen (secondary N) is 1. The highest BCUT2D eigenvalue weighted by Gasteiger charge is 2.23. The summed E-state index contributed by atoms with van der Waals surface area (Å²) in [5.41, 5.74) is 1.52. The van der Waals surface area contributed by atoms with E-state index in [1.807, 2.05) is 6.26 Å². The Bertz CT molecular complexity index is 1070. The van der Waals surface area contributed by atoms with Crippen LogP contribution in [0.15, 0.2) is 82.8 Å². The molecule has 3 aromatic rings. The second-order valence-corrected chi connectivity index (χ2v) is 8.83. The number of aromatic nitrogens is 1. The van der Waals surface area contributed by atoms with E-state index in [9.17, 15) is 13.2 Å². The Kier molecular flexibility index (Phi) is 6.56. The van der Waals surface area contributed by atoms with E-state index in [4.69, 9.17) is 0 Å². The van der Waals surface area contributed by atoms with Crippen LogP contribution in [0.4, 0.5) is 11.4 Å². The number of anilines is 2. The summed E-state index contributed by atoms with van der Waals surface area (Å²) in [5, 5.41) is 2.75. The van der Waals surface area contributed by atoms with Gasteiger partial charge in [-0.25, -0.2) is 8.42 Å². The molecule has 8 heteroatoms. The number of carbonyl (C=O) groups excluding carboxylic acids is 1. The van der Waals surface area contributed by atoms with Gasteiger partial charge in [0.15, 0.2) is 0 Å². The fourth-order valence-electron chi connectivity index (χ4n) is 2.79. The number of thioether (sulfide) groups is 1. The lowest BCUT2D eigenvalue weighted by Crippen LogP contribution is -2.30. The van der Waals surface area contributed by atoms with Crippen molar-refractivity contribution in [3.05, 3.63) is 78.6 Å². The third-order valence-electron chi connectivity index (χ3n) is 4.27. The molecule has 1 aromatic heterocycles. The topological polar surface area (TPSA) is 79.4 Å². The molecule has 29 heavy (non-hydrogen) atoms. The minimum atomic E-state index is -3.70. The van der Waals surface area contributed by atoms with E-state index in [1.165, 1.54) is 4.31 Å². The Labute approximate surface area is 175 Å². The van der Waals surface area contributed by atoms with Gasteiger partial charge in [-0.05, 0) is 73.8 Å². The molecule has 0 aliphatic heterocycles. The molecule has 0 aliphatic rings. The molecule has 0 spiro atoms. The number of hydrogen-bond acceptors (Lipinski definition) is 5. The van der Waals surface area contributed by atoms with Gasteiger partial charge in [-0.15, -0.1) is 11.8 Å². The molecule has 150 valence electrons. The predicted octanol–water partition coefficient (Wildman–Crippen LogP) is 4.27. The predicted molar refractivity (Wildman–Crippen MR) is 117 cm³/mol. The smallest absolute Gasteiger partial charge is 0.264 e. The summed E-state index contributed by atoms with van der Waals surface area (Å²) >= 11 is 1.55. The first-order valence-corrected chi connectivity index (χ1v) is 11.6. The molecule has 0 unspecified atom stereocenters. The van der Waals surface area contributed by atoms with Crippen LogP contribution in [-0.2, 0) is 10.0 Å². The van der Waals surface area contributed by atoms with Crippen LogP contribution >= 0.6 is 11.8 Å². The summed E-state index contributed by atoms with van der Waals surface area (Å²) < 4.78 is 27.4. The second kappa shape index (κ2) is 9.11. The first kappa shape index (κ1) is 20.9. The van der Waals surface area contributed by atoms with Gasteiger partial charge in [0.25, 0.3) is 15.9 Å². The van der Waals surface area contributed by atoms with Crippen molar-refractivity contribution in [1.82, 2.24) is 4.98 Å². The van der Waals surface area contributed by atoms with Gasteiger partial charge in [0, 0.05) is 23.2 Å². The molecule has 2 aromatic carbocycles. The molecule has 1 amide bonds. The molecule has 0 aliphatic carbocycles. The lowest BCUT2D eigenvalue weighted by molar-refractivity contribution is 0.102. The number of rotatable bonds is 7. The van der Waals surface area contributed by atoms with Crippen LogP contribution in [0.25, 0.3) is 0 Å². The SMILES string of the molecule is CCN(c1ccc(C(=O)Nc2cccnc2)cc1)S(=O)(=O)c1ccc(SC)cc1. The van der Waals surface area contributed by atoms with Gasteiger partial charge < -0.3 is 5.32 Å². The van der Waals surface area contributed by atoms with Crippen LogP contribution in [-0.4, -0.2) is 32.1 Å². The number of sulfonamides is 1. The normalized spacial score (nSPS) is 11.1. The molecule has 0 fully saturated rings. The van der Waals surface area contributed by atoms with Crippen molar-refractivity contribution < 1.29 is 13.2 Å². The molecule has 1 heterocycles. The maximum atomic E-state index is 13.1. The van der Waals surface area contributed by atoms with E-state index in [0.717, 1.165) is 4.90 Å². The van der Waals surface area contributed by atoms with E-state index in [0.29, 0.717) is 16.9 Å². The van der Waals surface area contributed by atoms with Gasteiger partial charge >= 0.3 is 0 Å². The van der Waals surface area contributed by atoms with Crippen LogP contribution in [0.1, 0.15) is 17.3 Å². The molecular formula is C21H21N3O3S2. The van der Waals surface area contributed by atoms with Gasteiger partial charge in [0.2, 0.25) is 0 Å². The molecule has 0 atom stereocenters. The molecule has 0 bridgehead atoms. The Morgan fingerprint density at radius 2 is 1.76 bits per heavy atom. The first-order valence-electron chi connectivity index (χ1n) is 8.94.